The second-order valence-electron chi connectivity index (χ2n) is 7.85. The molecule has 1 aliphatic heterocycles. The Morgan fingerprint density at radius 2 is 1.38 bits per heavy atom. The molecule has 0 bridgehead atoms. The van der Waals surface area contributed by atoms with Crippen LogP contribution < -0.4 is 5.32 Å². The minimum absolute atomic E-state index is 0.00345. The fourth-order valence-corrected chi connectivity index (χ4v) is 4.18. The molecule has 1 atom stereocenters. The highest BCUT2D eigenvalue weighted by Gasteiger charge is 2.43. The van der Waals surface area contributed by atoms with Crippen molar-refractivity contribution in [3.05, 3.63) is 113 Å². The van der Waals surface area contributed by atoms with Crippen molar-refractivity contribution < 1.29 is 24.3 Å². The highest BCUT2D eigenvalue weighted by atomic mass is 16.4. The number of carbonyl (C=O) groups is 4. The van der Waals surface area contributed by atoms with Crippen molar-refractivity contribution >= 4 is 40.0 Å². The van der Waals surface area contributed by atoms with Gasteiger partial charge in [0.05, 0.1) is 16.7 Å². The number of imide groups is 1. The molecule has 166 valence electrons. The van der Waals surface area contributed by atoms with Crippen molar-refractivity contribution in [2.24, 2.45) is 0 Å². The molecule has 0 saturated carbocycles. The zero-order valence-electron chi connectivity index (χ0n) is 17.8. The van der Waals surface area contributed by atoms with E-state index in [-0.39, 0.29) is 22.4 Å². The van der Waals surface area contributed by atoms with Gasteiger partial charge in [0.1, 0.15) is 0 Å². The molecule has 0 radical (unpaired) electrons. The van der Waals surface area contributed by atoms with E-state index in [2.05, 4.69) is 5.32 Å². The predicted octanol–water partition coefficient (Wildman–Crippen LogP) is 4.46. The normalized spacial score (nSPS) is 13.6. The summed E-state index contributed by atoms with van der Waals surface area (Å²) in [6.07, 6.45) is -1.39. The number of carboxylic acid groups (broad SMARTS) is 1. The zero-order chi connectivity index (χ0) is 23.8. The molecule has 2 N–H and O–H groups in total. The van der Waals surface area contributed by atoms with Gasteiger partial charge in [-0.25, -0.2) is 9.69 Å². The van der Waals surface area contributed by atoms with Gasteiger partial charge in [0.25, 0.3) is 11.8 Å². The molecule has 0 saturated heterocycles. The minimum Gasteiger partial charge on any atom is -0.478 e. The van der Waals surface area contributed by atoms with Crippen LogP contribution in [0.2, 0.25) is 0 Å². The lowest BCUT2D eigenvalue weighted by atomic mass is 9.99. The first-order valence-corrected chi connectivity index (χ1v) is 10.5. The second kappa shape index (κ2) is 8.29. The summed E-state index contributed by atoms with van der Waals surface area (Å²) in [7, 11) is 0. The number of amides is 2. The number of fused-ring (bicyclic) bond motifs is 2. The van der Waals surface area contributed by atoms with E-state index in [1.54, 1.807) is 54.6 Å². The zero-order valence-corrected chi connectivity index (χ0v) is 17.8. The molecule has 7 nitrogen and oxygen atoms in total. The molecule has 0 aromatic heterocycles. The average molecular weight is 450 g/mol. The number of rotatable bonds is 6. The van der Waals surface area contributed by atoms with Crippen LogP contribution in [0.1, 0.15) is 41.4 Å². The molecule has 0 aliphatic carbocycles. The molecular formula is C27H18N2O5. The molecule has 34 heavy (non-hydrogen) atoms. The topological polar surface area (TPSA) is 104 Å². The van der Waals surface area contributed by atoms with Gasteiger partial charge < -0.3 is 10.4 Å². The van der Waals surface area contributed by atoms with Crippen molar-refractivity contribution in [2.45, 2.75) is 6.17 Å². The van der Waals surface area contributed by atoms with Gasteiger partial charge in [-0.3, -0.25) is 14.4 Å². The molecule has 1 unspecified atom stereocenters. The summed E-state index contributed by atoms with van der Waals surface area (Å²) in [5.41, 5.74) is 1.05. The van der Waals surface area contributed by atoms with Gasteiger partial charge in [-0.1, -0.05) is 60.7 Å². The molecule has 5 rings (SSSR count). The molecule has 0 spiro atoms. The third kappa shape index (κ3) is 3.49. The Morgan fingerprint density at radius 3 is 2.09 bits per heavy atom. The molecule has 4 aromatic rings. The molecule has 7 heteroatoms. The highest BCUT2D eigenvalue weighted by Crippen LogP contribution is 2.29. The number of Topliss-reactive ketones (excluding diaryl/α,β-unsaturated/α-hetero) is 1. The van der Waals surface area contributed by atoms with Crippen molar-refractivity contribution in [1.82, 2.24) is 4.90 Å². The van der Waals surface area contributed by atoms with Crippen molar-refractivity contribution in [3.8, 4) is 0 Å². The van der Waals surface area contributed by atoms with Gasteiger partial charge >= 0.3 is 5.97 Å². The van der Waals surface area contributed by atoms with Crippen LogP contribution in [0, 0.1) is 0 Å². The van der Waals surface area contributed by atoms with Crippen LogP contribution in [-0.4, -0.2) is 39.7 Å². The third-order valence-electron chi connectivity index (χ3n) is 5.80. The van der Waals surface area contributed by atoms with E-state index in [0.717, 1.165) is 10.3 Å². The van der Waals surface area contributed by atoms with Gasteiger partial charge in [0.15, 0.2) is 6.17 Å². The lowest BCUT2D eigenvalue weighted by Crippen LogP contribution is -2.49. The van der Waals surface area contributed by atoms with Crippen molar-refractivity contribution in [2.75, 3.05) is 5.32 Å². The first-order chi connectivity index (χ1) is 16.5. The van der Waals surface area contributed by atoms with E-state index < -0.39 is 29.7 Å². The number of ketones is 1. The number of aromatic carboxylic acids is 1. The SMILES string of the molecule is O=C(O)c1cccc(NC(C(=O)c2cccc3ccccc23)N2C(=O)c3ccccc3C2=O)c1. The first kappa shape index (κ1) is 21.1. The summed E-state index contributed by atoms with van der Waals surface area (Å²) >= 11 is 0. The van der Waals surface area contributed by atoms with Crippen LogP contribution in [0.3, 0.4) is 0 Å². The Morgan fingerprint density at radius 1 is 0.765 bits per heavy atom. The van der Waals surface area contributed by atoms with Crippen LogP contribution in [-0.2, 0) is 0 Å². The predicted molar refractivity (Wildman–Crippen MR) is 126 cm³/mol. The summed E-state index contributed by atoms with van der Waals surface area (Å²) in [5.74, 6) is -2.82. The van der Waals surface area contributed by atoms with Crippen LogP contribution in [0.15, 0.2) is 91.0 Å². The lowest BCUT2D eigenvalue weighted by molar-refractivity contribution is 0.0561. The number of nitrogens with one attached hydrogen (secondary N) is 1. The summed E-state index contributed by atoms with van der Waals surface area (Å²) in [6, 6.07) is 24.8. The maximum Gasteiger partial charge on any atom is 0.335 e. The van der Waals surface area contributed by atoms with E-state index >= 15 is 0 Å². The molecule has 1 aliphatic rings. The molecular weight excluding hydrogens is 432 g/mol. The maximum atomic E-state index is 13.9. The Kier molecular flexibility index (Phi) is 5.14. The van der Waals surface area contributed by atoms with Crippen LogP contribution in [0.25, 0.3) is 10.8 Å². The fourth-order valence-electron chi connectivity index (χ4n) is 4.18. The average Bonchev–Trinajstić information content (AvgIpc) is 3.12. The molecule has 0 fully saturated rings. The Labute approximate surface area is 194 Å². The van der Waals surface area contributed by atoms with E-state index in [0.29, 0.717) is 10.9 Å². The van der Waals surface area contributed by atoms with Crippen LogP contribution in [0.5, 0.6) is 0 Å². The summed E-state index contributed by atoms with van der Waals surface area (Å²) in [5, 5.41) is 13.8. The summed E-state index contributed by atoms with van der Waals surface area (Å²) in [4.78, 5) is 52.7. The van der Waals surface area contributed by atoms with Gasteiger partial charge in [-0.05, 0) is 41.1 Å². The quantitative estimate of drug-likeness (QED) is 0.332. The van der Waals surface area contributed by atoms with E-state index in [9.17, 15) is 24.3 Å². The largest absolute Gasteiger partial charge is 0.478 e. The standard InChI is InChI=1S/C27H18N2O5/c30-23(20-14-6-8-16-7-1-2-11-19(16)20)24(28-18-10-5-9-17(15-18)27(33)34)29-25(31)21-12-3-4-13-22(21)26(29)32/h1-15,24,28H,(H,33,34). The number of nitrogens with zero attached hydrogens (tertiary/aromatic N) is 1. The van der Waals surface area contributed by atoms with Gasteiger partial charge in [-0.2, -0.15) is 0 Å². The Hall–Kier alpha value is -4.78. The van der Waals surface area contributed by atoms with Gasteiger partial charge in [0.2, 0.25) is 5.78 Å². The minimum atomic E-state index is -1.39. The number of carbonyl (C=O) groups excluding carboxylic acids is 3. The Bertz CT molecular complexity index is 1450. The Balaban J connectivity index is 1.62. The number of benzene rings is 4. The third-order valence-corrected chi connectivity index (χ3v) is 5.80. The summed E-state index contributed by atoms with van der Waals surface area (Å²) < 4.78 is 0. The smallest absolute Gasteiger partial charge is 0.335 e. The number of hydrogen-bond acceptors (Lipinski definition) is 5. The molecule has 4 aromatic carbocycles. The van der Waals surface area contributed by atoms with E-state index in [1.807, 2.05) is 18.2 Å². The first-order valence-electron chi connectivity index (χ1n) is 10.5. The van der Waals surface area contributed by atoms with Gasteiger partial charge in [-0.15, -0.1) is 0 Å². The van der Waals surface area contributed by atoms with Gasteiger partial charge in [0, 0.05) is 11.3 Å². The maximum absolute atomic E-state index is 13.9. The number of hydrogen-bond donors (Lipinski definition) is 2. The molecule has 1 heterocycles. The fraction of sp³-hybridized carbons (Fsp3) is 0.0370. The second-order valence-corrected chi connectivity index (χ2v) is 7.85. The monoisotopic (exact) mass is 450 g/mol. The lowest BCUT2D eigenvalue weighted by Gasteiger charge is -2.27. The highest BCUT2D eigenvalue weighted by molar-refractivity contribution is 6.24. The number of anilines is 1. The summed E-state index contributed by atoms with van der Waals surface area (Å²) in [6.45, 7) is 0. The van der Waals surface area contributed by atoms with Crippen LogP contribution >= 0.6 is 0 Å². The van der Waals surface area contributed by atoms with E-state index in [1.165, 1.54) is 18.2 Å². The van der Waals surface area contributed by atoms with Crippen LogP contribution in [0.4, 0.5) is 5.69 Å². The van der Waals surface area contributed by atoms with Crippen molar-refractivity contribution in [1.29, 1.82) is 0 Å². The number of carboxylic acids is 1. The van der Waals surface area contributed by atoms with Crippen molar-refractivity contribution in [3.63, 3.8) is 0 Å². The molecule has 2 amide bonds. The van der Waals surface area contributed by atoms with E-state index in [4.69, 9.17) is 0 Å².